The van der Waals surface area contributed by atoms with Gasteiger partial charge in [0.25, 0.3) is 5.91 Å². The van der Waals surface area contributed by atoms with Gasteiger partial charge in [0.1, 0.15) is 5.82 Å². The molecule has 2 N–H and O–H groups in total. The van der Waals surface area contributed by atoms with E-state index in [0.717, 1.165) is 22.4 Å². The van der Waals surface area contributed by atoms with Gasteiger partial charge in [-0.25, -0.2) is 4.39 Å². The van der Waals surface area contributed by atoms with Crippen LogP contribution in [-0.2, 0) is 4.79 Å². The number of carbonyl (C=O) groups is 2. The quantitative estimate of drug-likeness (QED) is 0.593. The molecule has 3 aromatic rings. The maximum atomic E-state index is 13.3. The lowest BCUT2D eigenvalue weighted by Crippen LogP contribution is -2.42. The van der Waals surface area contributed by atoms with Crippen LogP contribution >= 0.6 is 0 Å². The van der Waals surface area contributed by atoms with Crippen LogP contribution in [-0.4, -0.2) is 42.9 Å². The average molecular weight is 446 g/mol. The first-order valence-electron chi connectivity index (χ1n) is 10.7. The van der Waals surface area contributed by atoms with Crippen molar-refractivity contribution in [2.45, 2.75) is 19.0 Å². The van der Waals surface area contributed by atoms with Crippen molar-refractivity contribution in [1.29, 1.82) is 0 Å². The number of hydrazine groups is 1. The molecule has 0 radical (unpaired) electrons. The molecule has 1 fully saturated rings. The number of nitrogens with one attached hydrogen (secondary N) is 2. The monoisotopic (exact) mass is 445 g/mol. The molecular weight excluding hydrogens is 419 g/mol. The van der Waals surface area contributed by atoms with Crippen LogP contribution in [0.2, 0.25) is 0 Å². The van der Waals surface area contributed by atoms with E-state index in [1.807, 2.05) is 80.7 Å². The molecule has 7 heteroatoms. The summed E-state index contributed by atoms with van der Waals surface area (Å²) < 4.78 is 15.0. The van der Waals surface area contributed by atoms with E-state index in [1.165, 1.54) is 24.3 Å². The SMILES string of the molecule is Cc1ccc([C@H]2[C@H](NC(=O)c3ccc(F)cc3)C(=O)N/[N+]2=C\c2ccc(N(C)C)cc2)cc1. The van der Waals surface area contributed by atoms with Crippen molar-refractivity contribution in [3.63, 3.8) is 0 Å². The molecule has 4 rings (SSSR count). The van der Waals surface area contributed by atoms with Gasteiger partial charge in [-0.05, 0) is 55.5 Å². The van der Waals surface area contributed by atoms with Gasteiger partial charge in [-0.1, -0.05) is 29.8 Å². The van der Waals surface area contributed by atoms with E-state index >= 15 is 0 Å². The molecule has 6 nitrogen and oxygen atoms in total. The van der Waals surface area contributed by atoms with Crippen LogP contribution in [0, 0.1) is 12.7 Å². The Kier molecular flexibility index (Phi) is 6.22. The molecule has 0 aliphatic carbocycles. The second-order valence-electron chi connectivity index (χ2n) is 8.31. The highest BCUT2D eigenvalue weighted by atomic mass is 19.1. The van der Waals surface area contributed by atoms with Crippen molar-refractivity contribution < 1.29 is 18.7 Å². The minimum Gasteiger partial charge on any atom is -0.378 e. The molecule has 1 aliphatic heterocycles. The van der Waals surface area contributed by atoms with Crippen molar-refractivity contribution in [2.75, 3.05) is 19.0 Å². The molecule has 0 spiro atoms. The van der Waals surface area contributed by atoms with Gasteiger partial charge in [0.2, 0.25) is 12.3 Å². The van der Waals surface area contributed by atoms with Gasteiger partial charge in [-0.3, -0.25) is 9.59 Å². The molecule has 0 unspecified atom stereocenters. The number of hydrogen-bond acceptors (Lipinski definition) is 3. The second kappa shape index (κ2) is 9.24. The summed E-state index contributed by atoms with van der Waals surface area (Å²) in [5, 5.41) is 2.83. The number of benzene rings is 3. The minimum atomic E-state index is -0.831. The summed E-state index contributed by atoms with van der Waals surface area (Å²) in [4.78, 5) is 27.8. The van der Waals surface area contributed by atoms with Crippen molar-refractivity contribution >= 4 is 23.7 Å². The van der Waals surface area contributed by atoms with E-state index in [1.54, 1.807) is 4.68 Å². The molecule has 168 valence electrons. The Balaban J connectivity index is 1.68. The summed E-state index contributed by atoms with van der Waals surface area (Å²) in [6.07, 6.45) is 1.85. The third-order valence-electron chi connectivity index (χ3n) is 5.65. The van der Waals surface area contributed by atoms with Crippen LogP contribution < -0.4 is 15.6 Å². The molecule has 0 saturated carbocycles. The fourth-order valence-electron chi connectivity index (χ4n) is 3.79. The number of hydrazone groups is 1. The van der Waals surface area contributed by atoms with Gasteiger partial charge in [0.05, 0.1) is 0 Å². The molecule has 3 aromatic carbocycles. The molecule has 2 atom stereocenters. The van der Waals surface area contributed by atoms with Gasteiger partial charge in [0, 0.05) is 36.5 Å². The zero-order valence-electron chi connectivity index (χ0n) is 18.7. The molecule has 0 bridgehead atoms. The normalized spacial score (nSPS) is 18.8. The first-order chi connectivity index (χ1) is 15.8. The van der Waals surface area contributed by atoms with E-state index < -0.39 is 23.8 Å². The van der Waals surface area contributed by atoms with Crippen LogP contribution in [0.4, 0.5) is 10.1 Å². The van der Waals surface area contributed by atoms with E-state index in [2.05, 4.69) is 10.7 Å². The smallest absolute Gasteiger partial charge is 0.304 e. The molecule has 1 heterocycles. The van der Waals surface area contributed by atoms with E-state index in [9.17, 15) is 14.0 Å². The number of amides is 2. The Hall–Kier alpha value is -4.00. The van der Waals surface area contributed by atoms with E-state index in [4.69, 9.17) is 0 Å². The highest BCUT2D eigenvalue weighted by Crippen LogP contribution is 2.26. The summed E-state index contributed by atoms with van der Waals surface area (Å²) in [7, 11) is 3.95. The molecule has 33 heavy (non-hydrogen) atoms. The standard InChI is InChI=1S/C26H25FN4O2/c1-17-4-8-19(9-5-17)24-23(28-25(32)20-10-12-21(27)13-11-20)26(33)29-31(24)16-18-6-14-22(15-7-18)30(2)3/h4-16,23-24H,1-3H3,(H-,28,29,32,33)/p+1/t23-,24-/m0/s1. The Morgan fingerprint density at radius 3 is 2.24 bits per heavy atom. The highest BCUT2D eigenvalue weighted by Gasteiger charge is 2.47. The lowest BCUT2D eigenvalue weighted by Gasteiger charge is -2.15. The number of aryl methyl sites for hydroxylation is 1. The number of rotatable bonds is 5. The Morgan fingerprint density at radius 2 is 1.64 bits per heavy atom. The van der Waals surface area contributed by atoms with Crippen LogP contribution in [0.5, 0.6) is 0 Å². The van der Waals surface area contributed by atoms with Crippen LogP contribution in [0.15, 0.2) is 72.8 Å². The molecule has 1 saturated heterocycles. The molecule has 2 amide bonds. The van der Waals surface area contributed by atoms with Gasteiger partial charge in [-0.15, -0.1) is 10.1 Å². The number of hydrogen-bond donors (Lipinski definition) is 2. The van der Waals surface area contributed by atoms with Crippen molar-refractivity contribution in [3.8, 4) is 0 Å². The predicted molar refractivity (Wildman–Crippen MR) is 126 cm³/mol. The average Bonchev–Trinajstić information content (AvgIpc) is 3.09. The summed E-state index contributed by atoms with van der Waals surface area (Å²) in [6.45, 7) is 1.99. The Bertz CT molecular complexity index is 1190. The van der Waals surface area contributed by atoms with E-state index in [-0.39, 0.29) is 11.5 Å². The second-order valence-corrected chi connectivity index (χ2v) is 8.31. The lowest BCUT2D eigenvalue weighted by molar-refractivity contribution is -0.596. The zero-order valence-corrected chi connectivity index (χ0v) is 18.7. The third kappa shape index (κ3) is 4.92. The lowest BCUT2D eigenvalue weighted by atomic mass is 9.98. The predicted octanol–water partition coefficient (Wildman–Crippen LogP) is 3.22. The maximum Gasteiger partial charge on any atom is 0.304 e. The van der Waals surface area contributed by atoms with Gasteiger partial charge < -0.3 is 10.2 Å². The third-order valence-corrected chi connectivity index (χ3v) is 5.65. The first-order valence-corrected chi connectivity index (χ1v) is 10.7. The van der Waals surface area contributed by atoms with Crippen LogP contribution in [0.3, 0.4) is 0 Å². The van der Waals surface area contributed by atoms with Gasteiger partial charge in [-0.2, -0.15) is 0 Å². The largest absolute Gasteiger partial charge is 0.378 e. The van der Waals surface area contributed by atoms with Crippen molar-refractivity contribution in [2.24, 2.45) is 0 Å². The van der Waals surface area contributed by atoms with E-state index in [0.29, 0.717) is 0 Å². The minimum absolute atomic E-state index is 0.286. The Labute approximate surface area is 192 Å². The van der Waals surface area contributed by atoms with Gasteiger partial charge in [0.15, 0.2) is 6.04 Å². The van der Waals surface area contributed by atoms with Crippen LogP contribution in [0.25, 0.3) is 0 Å². The summed E-state index contributed by atoms with van der Waals surface area (Å²) in [5.41, 5.74) is 7.11. The first kappa shape index (κ1) is 22.2. The topological polar surface area (TPSA) is 64.5 Å². The highest BCUT2D eigenvalue weighted by molar-refractivity contribution is 5.98. The van der Waals surface area contributed by atoms with Crippen LogP contribution in [0.1, 0.15) is 33.1 Å². The molecular formula is C26H26FN4O2+. The number of carbonyl (C=O) groups excluding carboxylic acids is 2. The summed E-state index contributed by atoms with van der Waals surface area (Å²) in [6, 6.07) is 19.7. The Morgan fingerprint density at radius 1 is 1.00 bits per heavy atom. The maximum absolute atomic E-state index is 13.3. The molecule has 0 aromatic heterocycles. The van der Waals surface area contributed by atoms with Crippen molar-refractivity contribution in [3.05, 3.63) is 101 Å². The van der Waals surface area contributed by atoms with Gasteiger partial charge >= 0.3 is 5.91 Å². The number of halogens is 1. The zero-order chi connectivity index (χ0) is 23.5. The summed E-state index contributed by atoms with van der Waals surface area (Å²) in [5.74, 6) is -1.19. The van der Waals surface area contributed by atoms with Crippen molar-refractivity contribution in [1.82, 2.24) is 10.7 Å². The molecule has 1 aliphatic rings. The fraction of sp³-hybridized carbons (Fsp3) is 0.192. The number of anilines is 1. The fourth-order valence-corrected chi connectivity index (χ4v) is 3.79. The number of nitrogens with zero attached hydrogens (tertiary/aromatic N) is 2. The summed E-state index contributed by atoms with van der Waals surface area (Å²) >= 11 is 0.